The number of hydrogen-bond donors (Lipinski definition) is 1. The van der Waals surface area contributed by atoms with Gasteiger partial charge in [-0.25, -0.2) is 4.68 Å². The van der Waals surface area contributed by atoms with Gasteiger partial charge in [-0.15, -0.1) is 0 Å². The second-order valence-corrected chi connectivity index (χ2v) is 6.84. The number of aryl methyl sites for hydroxylation is 1. The van der Waals surface area contributed by atoms with Crippen LogP contribution in [0.2, 0.25) is 5.02 Å². The van der Waals surface area contributed by atoms with E-state index in [1.54, 1.807) is 24.3 Å². The Morgan fingerprint density at radius 1 is 0.929 bits per heavy atom. The number of anilines is 1. The van der Waals surface area contributed by atoms with Crippen LogP contribution < -0.4 is 5.32 Å². The van der Waals surface area contributed by atoms with Crippen LogP contribution >= 0.6 is 11.6 Å². The van der Waals surface area contributed by atoms with E-state index in [1.807, 2.05) is 60.1 Å². The molecule has 138 valence electrons. The molecule has 0 aliphatic heterocycles. The number of aromatic nitrogens is 2. The number of hydrogen-bond acceptors (Lipinski definition) is 2. The zero-order chi connectivity index (χ0) is 19.5. The third-order valence-corrected chi connectivity index (χ3v) is 4.73. The molecule has 4 aromatic rings. The van der Waals surface area contributed by atoms with Gasteiger partial charge >= 0.3 is 0 Å². The summed E-state index contributed by atoms with van der Waals surface area (Å²) in [4.78, 5) is 12.5. The van der Waals surface area contributed by atoms with E-state index in [4.69, 9.17) is 11.6 Å². The summed E-state index contributed by atoms with van der Waals surface area (Å²) in [6.07, 6.45) is 0. The second-order valence-electron chi connectivity index (χ2n) is 6.43. The van der Waals surface area contributed by atoms with E-state index in [-0.39, 0.29) is 5.91 Å². The molecule has 0 spiro atoms. The normalized spacial score (nSPS) is 10.6. The smallest absolute Gasteiger partial charge is 0.255 e. The molecule has 0 bridgehead atoms. The van der Waals surface area contributed by atoms with Crippen LogP contribution in [-0.4, -0.2) is 15.7 Å². The average Bonchev–Trinajstić information content (AvgIpc) is 3.12. The number of carbonyl (C=O) groups excluding carboxylic acids is 1. The van der Waals surface area contributed by atoms with E-state index in [0.29, 0.717) is 16.3 Å². The number of nitrogens with zero attached hydrogens (tertiary/aromatic N) is 2. The van der Waals surface area contributed by atoms with Gasteiger partial charge in [0.25, 0.3) is 5.91 Å². The van der Waals surface area contributed by atoms with Gasteiger partial charge in [-0.2, -0.15) is 5.10 Å². The predicted octanol–water partition coefficient (Wildman–Crippen LogP) is 5.75. The summed E-state index contributed by atoms with van der Waals surface area (Å²) in [6, 6.07) is 26.7. The minimum Gasteiger partial charge on any atom is -0.321 e. The molecule has 28 heavy (non-hydrogen) atoms. The summed E-state index contributed by atoms with van der Waals surface area (Å²) >= 11 is 6.11. The molecule has 0 fully saturated rings. The van der Waals surface area contributed by atoms with Crippen molar-refractivity contribution >= 4 is 23.2 Å². The van der Waals surface area contributed by atoms with Crippen molar-refractivity contribution in [2.75, 3.05) is 5.32 Å². The van der Waals surface area contributed by atoms with E-state index >= 15 is 0 Å². The predicted molar refractivity (Wildman–Crippen MR) is 113 cm³/mol. The van der Waals surface area contributed by atoms with Gasteiger partial charge in [0.15, 0.2) is 0 Å². The minimum absolute atomic E-state index is 0.209. The van der Waals surface area contributed by atoms with Crippen molar-refractivity contribution in [3.63, 3.8) is 0 Å². The molecule has 0 radical (unpaired) electrons. The molecule has 0 saturated heterocycles. The van der Waals surface area contributed by atoms with Crippen molar-refractivity contribution in [2.24, 2.45) is 0 Å². The zero-order valence-corrected chi connectivity index (χ0v) is 16.0. The lowest BCUT2D eigenvalue weighted by molar-refractivity contribution is 0.102. The van der Waals surface area contributed by atoms with Gasteiger partial charge in [0.2, 0.25) is 0 Å². The number of amides is 1. The van der Waals surface area contributed by atoms with Gasteiger partial charge in [0.05, 0.1) is 27.8 Å². The maximum Gasteiger partial charge on any atom is 0.255 e. The molecule has 0 unspecified atom stereocenters. The number of nitrogens with one attached hydrogen (secondary N) is 1. The number of halogens is 1. The van der Waals surface area contributed by atoms with Gasteiger partial charge in [-0.3, -0.25) is 4.79 Å². The molecule has 0 aliphatic carbocycles. The minimum atomic E-state index is -0.209. The molecule has 1 amide bonds. The number of rotatable bonds is 4. The standard InChI is InChI=1S/C23H18ClN3O/c1-16-15-22(17-7-3-2-4-8-17)27(26-16)19-13-11-18(12-14-19)23(28)25-21-10-6-5-9-20(21)24/h2-15H,1H3,(H,25,28). The Hall–Kier alpha value is -3.37. The van der Waals surface area contributed by atoms with Gasteiger partial charge in [-0.1, -0.05) is 54.1 Å². The van der Waals surface area contributed by atoms with Gasteiger partial charge in [0, 0.05) is 11.1 Å². The molecule has 1 heterocycles. The monoisotopic (exact) mass is 387 g/mol. The number of para-hydroxylation sites is 1. The van der Waals surface area contributed by atoms with Crippen molar-refractivity contribution in [3.05, 3.63) is 101 Å². The topological polar surface area (TPSA) is 46.9 Å². The fourth-order valence-electron chi connectivity index (χ4n) is 3.02. The van der Waals surface area contributed by atoms with Crippen LogP contribution in [0.15, 0.2) is 84.9 Å². The van der Waals surface area contributed by atoms with Gasteiger partial charge in [-0.05, 0) is 49.4 Å². The molecule has 4 rings (SSSR count). The van der Waals surface area contributed by atoms with Gasteiger partial charge in [0.1, 0.15) is 0 Å². The summed E-state index contributed by atoms with van der Waals surface area (Å²) in [5.74, 6) is -0.209. The van der Waals surface area contributed by atoms with Crippen LogP contribution in [-0.2, 0) is 0 Å². The van der Waals surface area contributed by atoms with Crippen LogP contribution in [0.3, 0.4) is 0 Å². The molecule has 3 aromatic carbocycles. The van der Waals surface area contributed by atoms with Crippen molar-refractivity contribution < 1.29 is 4.79 Å². The highest BCUT2D eigenvalue weighted by atomic mass is 35.5. The fourth-order valence-corrected chi connectivity index (χ4v) is 3.20. The lowest BCUT2D eigenvalue weighted by Gasteiger charge is -2.10. The van der Waals surface area contributed by atoms with E-state index in [9.17, 15) is 4.79 Å². The van der Waals surface area contributed by atoms with Crippen molar-refractivity contribution in [2.45, 2.75) is 6.92 Å². The van der Waals surface area contributed by atoms with Crippen molar-refractivity contribution in [3.8, 4) is 16.9 Å². The average molecular weight is 388 g/mol. The Kier molecular flexibility index (Phi) is 4.96. The van der Waals surface area contributed by atoms with Crippen LogP contribution in [0.4, 0.5) is 5.69 Å². The lowest BCUT2D eigenvalue weighted by atomic mass is 10.1. The molecule has 0 aliphatic rings. The Balaban J connectivity index is 1.61. The Morgan fingerprint density at radius 2 is 1.61 bits per heavy atom. The van der Waals surface area contributed by atoms with Crippen LogP contribution in [0.1, 0.15) is 16.1 Å². The lowest BCUT2D eigenvalue weighted by Crippen LogP contribution is -2.12. The zero-order valence-electron chi connectivity index (χ0n) is 15.3. The van der Waals surface area contributed by atoms with Crippen molar-refractivity contribution in [1.82, 2.24) is 9.78 Å². The third kappa shape index (κ3) is 3.68. The molecule has 0 atom stereocenters. The molecule has 0 saturated carbocycles. The van der Waals surface area contributed by atoms with E-state index in [1.165, 1.54) is 0 Å². The highest BCUT2D eigenvalue weighted by Crippen LogP contribution is 2.25. The van der Waals surface area contributed by atoms with Crippen LogP contribution in [0, 0.1) is 6.92 Å². The summed E-state index contributed by atoms with van der Waals surface area (Å²) in [7, 11) is 0. The van der Waals surface area contributed by atoms with E-state index in [0.717, 1.165) is 22.6 Å². The maximum atomic E-state index is 12.5. The summed E-state index contributed by atoms with van der Waals surface area (Å²) in [5.41, 5.74) is 5.05. The third-order valence-electron chi connectivity index (χ3n) is 4.40. The maximum absolute atomic E-state index is 12.5. The SMILES string of the molecule is Cc1cc(-c2ccccc2)n(-c2ccc(C(=O)Nc3ccccc3Cl)cc2)n1. The molecule has 5 heteroatoms. The largest absolute Gasteiger partial charge is 0.321 e. The van der Waals surface area contributed by atoms with E-state index < -0.39 is 0 Å². The first-order valence-corrected chi connectivity index (χ1v) is 9.28. The first-order valence-electron chi connectivity index (χ1n) is 8.90. The quantitative estimate of drug-likeness (QED) is 0.484. The number of benzene rings is 3. The molecule has 1 N–H and O–H groups in total. The first-order chi connectivity index (χ1) is 13.6. The molecular weight excluding hydrogens is 370 g/mol. The van der Waals surface area contributed by atoms with Crippen LogP contribution in [0.5, 0.6) is 0 Å². The Bertz CT molecular complexity index is 1120. The Morgan fingerprint density at radius 3 is 2.32 bits per heavy atom. The van der Waals surface area contributed by atoms with Crippen LogP contribution in [0.25, 0.3) is 16.9 Å². The summed E-state index contributed by atoms with van der Waals surface area (Å²) in [6.45, 7) is 1.97. The van der Waals surface area contributed by atoms with E-state index in [2.05, 4.69) is 22.5 Å². The Labute approximate surface area is 168 Å². The number of carbonyl (C=O) groups is 1. The van der Waals surface area contributed by atoms with Gasteiger partial charge < -0.3 is 5.32 Å². The molecular formula is C23H18ClN3O. The highest BCUT2D eigenvalue weighted by molar-refractivity contribution is 6.33. The van der Waals surface area contributed by atoms with Crippen molar-refractivity contribution in [1.29, 1.82) is 0 Å². The molecule has 1 aromatic heterocycles. The summed E-state index contributed by atoms with van der Waals surface area (Å²) < 4.78 is 1.89. The first kappa shape index (κ1) is 18.0. The highest BCUT2D eigenvalue weighted by Gasteiger charge is 2.12. The summed E-state index contributed by atoms with van der Waals surface area (Å²) in [5, 5.41) is 7.95. The fraction of sp³-hybridized carbons (Fsp3) is 0.0435. The second kappa shape index (κ2) is 7.71. The molecule has 4 nitrogen and oxygen atoms in total.